The molecule has 0 radical (unpaired) electrons. The number of hydrogen-bond donors (Lipinski definition) is 2. The first-order valence-corrected chi connectivity index (χ1v) is 6.69. The molecule has 0 bridgehead atoms. The molecular weight excluding hydrogens is 250 g/mol. The molecule has 0 saturated carbocycles. The van der Waals surface area contributed by atoms with Crippen molar-refractivity contribution in [2.45, 2.75) is 27.3 Å². The second-order valence-corrected chi connectivity index (χ2v) is 5.12. The Morgan fingerprint density at radius 1 is 1.05 bits per heavy atom. The molecule has 0 atom stereocenters. The number of anilines is 1. The molecule has 3 nitrogen and oxygen atoms in total. The van der Waals surface area contributed by atoms with E-state index in [1.807, 2.05) is 6.07 Å². The number of phenols is 1. The number of hydrogen-bond acceptors (Lipinski definition) is 3. The van der Waals surface area contributed by atoms with Crippen LogP contribution >= 0.6 is 0 Å². The topological polar surface area (TPSA) is 41.5 Å². The van der Waals surface area contributed by atoms with Gasteiger partial charge in [-0.15, -0.1) is 0 Å². The lowest BCUT2D eigenvalue weighted by Gasteiger charge is -2.15. The maximum absolute atomic E-state index is 9.90. The van der Waals surface area contributed by atoms with Crippen LogP contribution in [0.4, 0.5) is 5.69 Å². The molecule has 2 aromatic carbocycles. The lowest BCUT2D eigenvalue weighted by molar-refractivity contribution is 0.411. The molecule has 106 valence electrons. The average molecular weight is 271 g/mol. The first kappa shape index (κ1) is 14.3. The number of phenolic OH excluding ortho intramolecular Hbond substituents is 1. The van der Waals surface area contributed by atoms with E-state index in [-0.39, 0.29) is 5.75 Å². The van der Waals surface area contributed by atoms with Crippen molar-refractivity contribution in [1.82, 2.24) is 0 Å². The minimum absolute atomic E-state index is 0.278. The SMILES string of the molecule is COc1ccc(O)c(CNc2c(C)cc(C)cc2C)c1. The maximum Gasteiger partial charge on any atom is 0.120 e. The van der Waals surface area contributed by atoms with Crippen LogP contribution in [0, 0.1) is 20.8 Å². The minimum atomic E-state index is 0.278. The highest BCUT2D eigenvalue weighted by Crippen LogP contribution is 2.26. The normalized spacial score (nSPS) is 10.4. The van der Waals surface area contributed by atoms with Gasteiger partial charge in [0, 0.05) is 17.8 Å². The summed E-state index contributed by atoms with van der Waals surface area (Å²) in [6.07, 6.45) is 0. The van der Waals surface area contributed by atoms with Gasteiger partial charge in [-0.3, -0.25) is 0 Å². The predicted molar refractivity (Wildman–Crippen MR) is 82.6 cm³/mol. The molecule has 0 fully saturated rings. The van der Waals surface area contributed by atoms with Gasteiger partial charge in [-0.25, -0.2) is 0 Å². The fourth-order valence-electron chi connectivity index (χ4n) is 2.47. The number of rotatable bonds is 4. The van der Waals surface area contributed by atoms with Crippen molar-refractivity contribution in [3.8, 4) is 11.5 Å². The van der Waals surface area contributed by atoms with Crippen molar-refractivity contribution in [2.75, 3.05) is 12.4 Å². The first-order valence-electron chi connectivity index (χ1n) is 6.69. The van der Waals surface area contributed by atoms with E-state index in [4.69, 9.17) is 4.74 Å². The molecule has 2 rings (SSSR count). The Morgan fingerprint density at radius 2 is 1.70 bits per heavy atom. The zero-order valence-electron chi connectivity index (χ0n) is 12.4. The second kappa shape index (κ2) is 5.87. The highest BCUT2D eigenvalue weighted by Gasteiger charge is 2.07. The molecule has 20 heavy (non-hydrogen) atoms. The molecular formula is C17H21NO2. The summed E-state index contributed by atoms with van der Waals surface area (Å²) >= 11 is 0. The Morgan fingerprint density at radius 3 is 2.30 bits per heavy atom. The lowest BCUT2D eigenvalue weighted by Crippen LogP contribution is -2.04. The number of aromatic hydroxyl groups is 1. The van der Waals surface area contributed by atoms with Gasteiger partial charge >= 0.3 is 0 Å². The maximum atomic E-state index is 9.90. The molecule has 0 aromatic heterocycles. The van der Waals surface area contributed by atoms with Crippen LogP contribution in [0.25, 0.3) is 0 Å². The van der Waals surface area contributed by atoms with Crippen LogP contribution in [0.2, 0.25) is 0 Å². The van der Waals surface area contributed by atoms with E-state index in [1.165, 1.54) is 16.7 Å². The lowest BCUT2D eigenvalue weighted by atomic mass is 10.0. The third-order valence-electron chi connectivity index (χ3n) is 3.42. The van der Waals surface area contributed by atoms with Crippen LogP contribution in [0.1, 0.15) is 22.3 Å². The van der Waals surface area contributed by atoms with Crippen LogP contribution in [-0.2, 0) is 6.54 Å². The largest absolute Gasteiger partial charge is 0.508 e. The van der Waals surface area contributed by atoms with Crippen molar-refractivity contribution in [1.29, 1.82) is 0 Å². The third-order valence-corrected chi connectivity index (χ3v) is 3.42. The van der Waals surface area contributed by atoms with E-state index in [9.17, 15) is 5.11 Å². The van der Waals surface area contributed by atoms with Crippen LogP contribution in [-0.4, -0.2) is 12.2 Å². The first-order chi connectivity index (χ1) is 9.51. The Hall–Kier alpha value is -2.16. The second-order valence-electron chi connectivity index (χ2n) is 5.12. The molecule has 0 saturated heterocycles. The van der Waals surface area contributed by atoms with Gasteiger partial charge in [0.15, 0.2) is 0 Å². The summed E-state index contributed by atoms with van der Waals surface area (Å²) in [5, 5.41) is 13.3. The Kier molecular flexibility index (Phi) is 4.18. The van der Waals surface area contributed by atoms with Gasteiger partial charge in [-0.1, -0.05) is 17.7 Å². The van der Waals surface area contributed by atoms with Gasteiger partial charge in [0.25, 0.3) is 0 Å². The molecule has 0 unspecified atom stereocenters. The highest BCUT2D eigenvalue weighted by atomic mass is 16.5. The average Bonchev–Trinajstić information content (AvgIpc) is 2.39. The van der Waals surface area contributed by atoms with E-state index < -0.39 is 0 Å². The number of methoxy groups -OCH3 is 1. The van der Waals surface area contributed by atoms with Crippen molar-refractivity contribution < 1.29 is 9.84 Å². The zero-order chi connectivity index (χ0) is 14.7. The molecule has 0 amide bonds. The Balaban J connectivity index is 2.21. The fraction of sp³-hybridized carbons (Fsp3) is 0.294. The molecule has 2 aromatic rings. The van der Waals surface area contributed by atoms with Crippen LogP contribution in [0.3, 0.4) is 0 Å². The van der Waals surface area contributed by atoms with Crippen LogP contribution < -0.4 is 10.1 Å². The minimum Gasteiger partial charge on any atom is -0.508 e. The van der Waals surface area contributed by atoms with E-state index >= 15 is 0 Å². The van der Waals surface area contributed by atoms with Crippen molar-refractivity contribution >= 4 is 5.69 Å². The number of aryl methyl sites for hydroxylation is 3. The van der Waals surface area contributed by atoms with Gasteiger partial charge in [-0.05, 0) is 50.1 Å². The molecule has 0 aliphatic rings. The van der Waals surface area contributed by atoms with Crippen molar-refractivity contribution in [3.63, 3.8) is 0 Å². The number of benzene rings is 2. The van der Waals surface area contributed by atoms with E-state index in [1.54, 1.807) is 19.2 Å². The van der Waals surface area contributed by atoms with E-state index in [2.05, 4.69) is 38.2 Å². The summed E-state index contributed by atoms with van der Waals surface area (Å²) in [6, 6.07) is 9.56. The van der Waals surface area contributed by atoms with Crippen LogP contribution in [0.5, 0.6) is 11.5 Å². The summed E-state index contributed by atoms with van der Waals surface area (Å²) in [5.74, 6) is 1.03. The molecule has 2 N–H and O–H groups in total. The molecule has 0 aliphatic heterocycles. The van der Waals surface area contributed by atoms with E-state index in [0.29, 0.717) is 6.54 Å². The molecule has 0 spiro atoms. The summed E-state index contributed by atoms with van der Waals surface area (Å²) < 4.78 is 5.19. The molecule has 3 heteroatoms. The summed E-state index contributed by atoms with van der Waals surface area (Å²) in [6.45, 7) is 6.84. The zero-order valence-corrected chi connectivity index (χ0v) is 12.4. The van der Waals surface area contributed by atoms with Gasteiger partial charge in [0.1, 0.15) is 11.5 Å². The Bertz CT molecular complexity index is 597. The summed E-state index contributed by atoms with van der Waals surface area (Å²) in [4.78, 5) is 0. The van der Waals surface area contributed by atoms with Crippen molar-refractivity contribution in [2.24, 2.45) is 0 Å². The van der Waals surface area contributed by atoms with Gasteiger partial charge in [0.2, 0.25) is 0 Å². The van der Waals surface area contributed by atoms with Gasteiger partial charge in [-0.2, -0.15) is 0 Å². The van der Waals surface area contributed by atoms with Crippen LogP contribution in [0.15, 0.2) is 30.3 Å². The predicted octanol–water partition coefficient (Wildman–Crippen LogP) is 3.94. The summed E-state index contributed by atoms with van der Waals surface area (Å²) in [5.41, 5.74) is 5.63. The van der Waals surface area contributed by atoms with Crippen molar-refractivity contribution in [3.05, 3.63) is 52.6 Å². The smallest absolute Gasteiger partial charge is 0.120 e. The Labute approximate surface area is 120 Å². The highest BCUT2D eigenvalue weighted by molar-refractivity contribution is 5.58. The third kappa shape index (κ3) is 3.05. The quantitative estimate of drug-likeness (QED) is 0.885. The molecule has 0 heterocycles. The summed E-state index contributed by atoms with van der Waals surface area (Å²) in [7, 11) is 1.62. The monoisotopic (exact) mass is 271 g/mol. The molecule has 0 aliphatic carbocycles. The van der Waals surface area contributed by atoms with Gasteiger partial charge in [0.05, 0.1) is 7.11 Å². The van der Waals surface area contributed by atoms with Gasteiger partial charge < -0.3 is 15.2 Å². The van der Waals surface area contributed by atoms with E-state index in [0.717, 1.165) is 17.0 Å². The standard InChI is InChI=1S/C17H21NO2/c1-11-7-12(2)17(13(3)8-11)18-10-14-9-15(20-4)5-6-16(14)19/h5-9,18-19H,10H2,1-4H3. The fourth-order valence-corrected chi connectivity index (χ4v) is 2.47. The number of nitrogens with one attached hydrogen (secondary N) is 1. The number of ether oxygens (including phenoxy) is 1.